The largest absolute Gasteiger partial charge is 0.362 e. The van der Waals surface area contributed by atoms with Crippen LogP contribution in [0.4, 0.5) is 4.39 Å². The lowest BCUT2D eigenvalue weighted by molar-refractivity contribution is -0.153. The molecule has 2 rings (SSSR count). The number of hydrogen-bond acceptors (Lipinski definition) is 3. The first-order chi connectivity index (χ1) is 9.87. The summed E-state index contributed by atoms with van der Waals surface area (Å²) in [4.78, 5) is 25.8. The van der Waals surface area contributed by atoms with Crippen LogP contribution in [0, 0.1) is 5.82 Å². The van der Waals surface area contributed by atoms with Gasteiger partial charge in [0.1, 0.15) is 5.82 Å². The van der Waals surface area contributed by atoms with E-state index >= 15 is 0 Å². The molecule has 0 aromatic heterocycles. The quantitative estimate of drug-likeness (QED) is 0.899. The van der Waals surface area contributed by atoms with Crippen LogP contribution in [0.25, 0.3) is 0 Å². The van der Waals surface area contributed by atoms with Crippen molar-refractivity contribution >= 4 is 23.4 Å². The minimum atomic E-state index is -1.09. The van der Waals surface area contributed by atoms with E-state index in [4.69, 9.17) is 16.3 Å². The van der Waals surface area contributed by atoms with E-state index in [1.807, 2.05) is 0 Å². The first-order valence-corrected chi connectivity index (χ1v) is 6.85. The van der Waals surface area contributed by atoms with Gasteiger partial charge in [-0.3, -0.25) is 9.59 Å². The maximum absolute atomic E-state index is 13.1. The third kappa shape index (κ3) is 3.16. The molecule has 1 fully saturated rings. The molecule has 2 amide bonds. The molecule has 0 spiro atoms. The first-order valence-electron chi connectivity index (χ1n) is 6.48. The summed E-state index contributed by atoms with van der Waals surface area (Å²) in [7, 11) is 1.51. The van der Waals surface area contributed by atoms with Gasteiger partial charge in [0.25, 0.3) is 11.8 Å². The number of ether oxygens (including phenoxy) is 1. The van der Waals surface area contributed by atoms with Crippen molar-refractivity contribution in [3.05, 3.63) is 34.6 Å². The fraction of sp³-hybridized carbons (Fsp3) is 0.429. The molecule has 1 aromatic carbocycles. The molecule has 1 aliphatic rings. The lowest BCUT2D eigenvalue weighted by atomic mass is 10.0. The van der Waals surface area contributed by atoms with Crippen molar-refractivity contribution in [1.82, 2.24) is 10.2 Å². The van der Waals surface area contributed by atoms with E-state index in [-0.39, 0.29) is 35.6 Å². The van der Waals surface area contributed by atoms with Gasteiger partial charge >= 0.3 is 0 Å². The Labute approximate surface area is 127 Å². The van der Waals surface area contributed by atoms with E-state index < -0.39 is 11.4 Å². The van der Waals surface area contributed by atoms with Gasteiger partial charge in [-0.2, -0.15) is 0 Å². The van der Waals surface area contributed by atoms with Gasteiger partial charge in [-0.1, -0.05) is 11.6 Å². The number of carbonyl (C=O) groups excluding carboxylic acids is 2. The topological polar surface area (TPSA) is 58.6 Å². The van der Waals surface area contributed by atoms with Crippen LogP contribution >= 0.6 is 11.6 Å². The molecule has 7 heteroatoms. The van der Waals surface area contributed by atoms with Crippen LogP contribution in [0.5, 0.6) is 0 Å². The van der Waals surface area contributed by atoms with Gasteiger partial charge in [0.2, 0.25) is 0 Å². The monoisotopic (exact) mass is 314 g/mol. The Balaban J connectivity index is 2.19. The Bertz CT molecular complexity index is 581. The lowest BCUT2D eigenvalue weighted by Crippen LogP contribution is -2.58. The van der Waals surface area contributed by atoms with Crippen LogP contribution in [-0.2, 0) is 9.53 Å². The number of nitrogens with one attached hydrogen (secondary N) is 1. The number of benzene rings is 1. The summed E-state index contributed by atoms with van der Waals surface area (Å²) < 4.78 is 18.6. The highest BCUT2D eigenvalue weighted by Crippen LogP contribution is 2.22. The summed E-state index contributed by atoms with van der Waals surface area (Å²) in [5, 5.41) is 2.41. The van der Waals surface area contributed by atoms with Gasteiger partial charge < -0.3 is 15.0 Å². The van der Waals surface area contributed by atoms with Crippen LogP contribution in [0.3, 0.4) is 0 Å². The summed E-state index contributed by atoms with van der Waals surface area (Å²) in [6, 6.07) is 3.80. The number of rotatable bonds is 2. The molecule has 0 unspecified atom stereocenters. The van der Waals surface area contributed by atoms with Crippen LogP contribution < -0.4 is 5.32 Å². The minimum Gasteiger partial charge on any atom is -0.362 e. The predicted octanol–water partition coefficient (Wildman–Crippen LogP) is 1.46. The van der Waals surface area contributed by atoms with Crippen LogP contribution in [0.1, 0.15) is 17.3 Å². The van der Waals surface area contributed by atoms with E-state index in [1.54, 1.807) is 6.92 Å². The van der Waals surface area contributed by atoms with Crippen molar-refractivity contribution in [2.24, 2.45) is 0 Å². The van der Waals surface area contributed by atoms with E-state index in [9.17, 15) is 14.0 Å². The summed E-state index contributed by atoms with van der Waals surface area (Å²) >= 11 is 5.69. The Kier molecular flexibility index (Phi) is 4.49. The van der Waals surface area contributed by atoms with Crippen LogP contribution in [-0.4, -0.2) is 49.1 Å². The summed E-state index contributed by atoms with van der Waals surface area (Å²) in [5.74, 6) is -1.18. The van der Waals surface area contributed by atoms with Crippen LogP contribution in [0.15, 0.2) is 18.2 Å². The molecular weight excluding hydrogens is 299 g/mol. The molecule has 1 aliphatic heterocycles. The van der Waals surface area contributed by atoms with Gasteiger partial charge in [-0.05, 0) is 25.1 Å². The third-order valence-electron chi connectivity index (χ3n) is 3.44. The van der Waals surface area contributed by atoms with Crippen molar-refractivity contribution in [2.75, 3.05) is 26.7 Å². The second kappa shape index (κ2) is 5.99. The Morgan fingerprint density at radius 2 is 2.19 bits per heavy atom. The number of morpholine rings is 1. The van der Waals surface area contributed by atoms with Gasteiger partial charge in [-0.15, -0.1) is 0 Å². The summed E-state index contributed by atoms with van der Waals surface area (Å²) in [6.45, 7) is 2.37. The number of halogens is 2. The fourth-order valence-corrected chi connectivity index (χ4v) is 2.44. The molecule has 0 bridgehead atoms. The second-order valence-electron chi connectivity index (χ2n) is 5.01. The molecule has 0 radical (unpaired) electrons. The minimum absolute atomic E-state index is 0.108. The zero-order chi connectivity index (χ0) is 15.6. The molecule has 1 saturated heterocycles. The molecule has 21 heavy (non-hydrogen) atoms. The van der Waals surface area contributed by atoms with E-state index in [1.165, 1.54) is 24.1 Å². The molecule has 1 atom stereocenters. The Morgan fingerprint density at radius 3 is 2.81 bits per heavy atom. The normalized spacial score (nSPS) is 22.0. The zero-order valence-electron chi connectivity index (χ0n) is 11.8. The molecule has 5 nitrogen and oxygen atoms in total. The molecule has 114 valence electrons. The number of nitrogens with zero attached hydrogens (tertiary/aromatic N) is 1. The lowest BCUT2D eigenvalue weighted by Gasteiger charge is -2.39. The maximum Gasteiger partial charge on any atom is 0.254 e. The van der Waals surface area contributed by atoms with E-state index in [0.29, 0.717) is 6.54 Å². The highest BCUT2D eigenvalue weighted by Gasteiger charge is 2.40. The van der Waals surface area contributed by atoms with Gasteiger partial charge in [-0.25, -0.2) is 4.39 Å². The van der Waals surface area contributed by atoms with Gasteiger partial charge in [0, 0.05) is 19.2 Å². The Hall–Kier alpha value is -1.66. The number of carbonyl (C=O) groups is 2. The number of hydrogen-bond donors (Lipinski definition) is 1. The number of likely N-dealkylation sites (N-methyl/N-ethyl adjacent to an activating group) is 1. The van der Waals surface area contributed by atoms with Crippen molar-refractivity contribution < 1.29 is 18.7 Å². The second-order valence-corrected chi connectivity index (χ2v) is 5.42. The average molecular weight is 315 g/mol. The van der Waals surface area contributed by atoms with E-state index in [0.717, 1.165) is 6.07 Å². The standard InChI is InChI=1S/C14H16ClFN2O3/c1-14(13(20)17-2)8-18(5-6-21-14)12(19)9-3-4-11(16)10(15)7-9/h3-4,7H,5-6,8H2,1-2H3,(H,17,20)/t14-/m1/s1. The molecular formula is C14H16ClFN2O3. The molecule has 0 saturated carbocycles. The fourth-order valence-electron chi connectivity index (χ4n) is 2.26. The van der Waals surface area contributed by atoms with E-state index in [2.05, 4.69) is 5.32 Å². The maximum atomic E-state index is 13.1. The molecule has 1 heterocycles. The Morgan fingerprint density at radius 1 is 1.48 bits per heavy atom. The first kappa shape index (κ1) is 15.7. The SMILES string of the molecule is CNC(=O)[C@@]1(C)CN(C(=O)c2ccc(F)c(Cl)c2)CCO1. The van der Waals surface area contributed by atoms with Crippen molar-refractivity contribution in [3.63, 3.8) is 0 Å². The van der Waals surface area contributed by atoms with Gasteiger partial charge in [0.05, 0.1) is 18.2 Å². The third-order valence-corrected chi connectivity index (χ3v) is 3.73. The predicted molar refractivity (Wildman–Crippen MR) is 75.7 cm³/mol. The highest BCUT2D eigenvalue weighted by atomic mass is 35.5. The van der Waals surface area contributed by atoms with Gasteiger partial charge in [0.15, 0.2) is 5.60 Å². The van der Waals surface area contributed by atoms with Crippen molar-refractivity contribution in [2.45, 2.75) is 12.5 Å². The smallest absolute Gasteiger partial charge is 0.254 e. The van der Waals surface area contributed by atoms with Crippen LogP contribution in [0.2, 0.25) is 5.02 Å². The highest BCUT2D eigenvalue weighted by molar-refractivity contribution is 6.31. The zero-order valence-corrected chi connectivity index (χ0v) is 12.5. The van der Waals surface area contributed by atoms with Crippen molar-refractivity contribution in [1.29, 1.82) is 0 Å². The van der Waals surface area contributed by atoms with Crippen molar-refractivity contribution in [3.8, 4) is 0 Å². The molecule has 1 N–H and O–H groups in total. The average Bonchev–Trinajstić information content (AvgIpc) is 2.48. The molecule has 0 aliphatic carbocycles. The molecule has 1 aromatic rings. The number of amides is 2. The summed E-state index contributed by atoms with van der Waals surface area (Å²) in [6.07, 6.45) is 0. The summed E-state index contributed by atoms with van der Waals surface area (Å²) in [5.41, 5.74) is -0.811.